The van der Waals surface area contributed by atoms with Gasteiger partial charge in [-0.25, -0.2) is 8.42 Å². The van der Waals surface area contributed by atoms with Crippen molar-refractivity contribution in [1.29, 1.82) is 0 Å². The summed E-state index contributed by atoms with van der Waals surface area (Å²) in [6, 6.07) is 5.74. The van der Waals surface area contributed by atoms with Gasteiger partial charge in [0, 0.05) is 12.1 Å². The Bertz CT molecular complexity index is 556. The Hall–Kier alpha value is -1.27. The highest BCUT2D eigenvalue weighted by Crippen LogP contribution is 2.30. The summed E-state index contributed by atoms with van der Waals surface area (Å²) < 4.78 is 33.4. The molecular formula is C14H21NO4S. The van der Waals surface area contributed by atoms with E-state index >= 15 is 0 Å². The summed E-state index contributed by atoms with van der Waals surface area (Å²) in [4.78, 5) is 0. The van der Waals surface area contributed by atoms with E-state index in [1.54, 1.807) is 14.2 Å². The Morgan fingerprint density at radius 3 is 2.70 bits per heavy atom. The minimum Gasteiger partial charge on any atom is -0.493 e. The summed E-state index contributed by atoms with van der Waals surface area (Å²) in [5, 5.41) is 3.31. The number of rotatable bonds is 6. The maximum absolute atomic E-state index is 11.4. The normalized spacial score (nSPS) is 20.8. The monoisotopic (exact) mass is 299 g/mol. The van der Waals surface area contributed by atoms with Crippen molar-refractivity contribution in [2.45, 2.75) is 13.0 Å². The molecule has 1 aliphatic rings. The van der Waals surface area contributed by atoms with Gasteiger partial charge in [0.25, 0.3) is 0 Å². The second-order valence-corrected chi connectivity index (χ2v) is 7.28. The zero-order chi connectivity index (χ0) is 14.6. The lowest BCUT2D eigenvalue weighted by atomic mass is 10.1. The van der Waals surface area contributed by atoms with E-state index in [2.05, 4.69) is 5.32 Å². The van der Waals surface area contributed by atoms with E-state index in [0.717, 1.165) is 17.7 Å². The summed E-state index contributed by atoms with van der Waals surface area (Å²) in [5.41, 5.74) is 1.01. The average molecular weight is 299 g/mol. The number of methoxy groups -OCH3 is 2. The van der Waals surface area contributed by atoms with Crippen molar-refractivity contribution in [2.24, 2.45) is 5.92 Å². The van der Waals surface area contributed by atoms with Gasteiger partial charge >= 0.3 is 0 Å². The molecule has 112 valence electrons. The predicted molar refractivity (Wildman–Crippen MR) is 78.0 cm³/mol. The van der Waals surface area contributed by atoms with Crippen molar-refractivity contribution in [1.82, 2.24) is 5.32 Å². The predicted octanol–water partition coefficient (Wildman–Crippen LogP) is 1.23. The molecule has 1 atom stereocenters. The van der Waals surface area contributed by atoms with Crippen molar-refractivity contribution in [2.75, 3.05) is 32.3 Å². The van der Waals surface area contributed by atoms with Crippen LogP contribution in [-0.4, -0.2) is 40.7 Å². The van der Waals surface area contributed by atoms with Gasteiger partial charge < -0.3 is 14.8 Å². The molecule has 0 aromatic heterocycles. The third-order valence-electron chi connectivity index (χ3n) is 3.56. The van der Waals surface area contributed by atoms with Crippen LogP contribution in [0.3, 0.4) is 0 Å². The van der Waals surface area contributed by atoms with Crippen LogP contribution in [0.15, 0.2) is 18.2 Å². The minimum atomic E-state index is -2.80. The Balaban J connectivity index is 1.91. The summed E-state index contributed by atoms with van der Waals surface area (Å²) >= 11 is 0. The summed E-state index contributed by atoms with van der Waals surface area (Å²) in [6.45, 7) is 1.34. The molecular weight excluding hydrogens is 278 g/mol. The van der Waals surface area contributed by atoms with E-state index in [1.807, 2.05) is 18.2 Å². The van der Waals surface area contributed by atoms with Gasteiger partial charge in [0.1, 0.15) is 0 Å². The van der Waals surface area contributed by atoms with Gasteiger partial charge in [-0.15, -0.1) is 0 Å². The van der Waals surface area contributed by atoms with Crippen LogP contribution in [0.25, 0.3) is 0 Å². The molecule has 2 rings (SSSR count). The fourth-order valence-corrected chi connectivity index (χ4v) is 4.40. The van der Waals surface area contributed by atoms with E-state index in [4.69, 9.17) is 9.47 Å². The number of hydrogen-bond donors (Lipinski definition) is 1. The molecule has 1 fully saturated rings. The first-order valence-electron chi connectivity index (χ1n) is 6.66. The second kappa shape index (κ2) is 6.45. The topological polar surface area (TPSA) is 64.6 Å². The van der Waals surface area contributed by atoms with Crippen LogP contribution in [0.4, 0.5) is 0 Å². The lowest BCUT2D eigenvalue weighted by molar-refractivity contribution is 0.350. The molecule has 1 unspecified atom stereocenters. The highest BCUT2D eigenvalue weighted by molar-refractivity contribution is 7.91. The van der Waals surface area contributed by atoms with E-state index in [0.29, 0.717) is 30.3 Å². The molecule has 0 aliphatic carbocycles. The molecule has 0 amide bonds. The summed E-state index contributed by atoms with van der Waals surface area (Å²) in [7, 11) is 0.427. The van der Waals surface area contributed by atoms with Crippen molar-refractivity contribution in [3.63, 3.8) is 0 Å². The number of ether oxygens (including phenoxy) is 2. The van der Waals surface area contributed by atoms with Crippen LogP contribution in [0.5, 0.6) is 11.5 Å². The number of sulfone groups is 1. The fourth-order valence-electron chi connectivity index (χ4n) is 2.54. The number of benzene rings is 1. The van der Waals surface area contributed by atoms with Gasteiger partial charge in [0.2, 0.25) is 0 Å². The molecule has 5 nitrogen and oxygen atoms in total. The molecule has 0 bridgehead atoms. The van der Waals surface area contributed by atoms with Crippen LogP contribution in [-0.2, 0) is 16.4 Å². The third kappa shape index (κ3) is 3.64. The lowest BCUT2D eigenvalue weighted by Crippen LogP contribution is -2.23. The van der Waals surface area contributed by atoms with Gasteiger partial charge in [-0.3, -0.25) is 0 Å². The molecule has 0 saturated carbocycles. The van der Waals surface area contributed by atoms with E-state index in [9.17, 15) is 8.42 Å². The first-order valence-corrected chi connectivity index (χ1v) is 8.49. The largest absolute Gasteiger partial charge is 0.493 e. The van der Waals surface area contributed by atoms with E-state index in [1.165, 1.54) is 0 Å². The van der Waals surface area contributed by atoms with Crippen molar-refractivity contribution in [3.05, 3.63) is 23.8 Å². The lowest BCUT2D eigenvalue weighted by Gasteiger charge is -2.14. The quantitative estimate of drug-likeness (QED) is 0.856. The number of nitrogens with one attached hydrogen (secondary N) is 1. The third-order valence-corrected chi connectivity index (χ3v) is 5.40. The summed E-state index contributed by atoms with van der Waals surface area (Å²) in [5.74, 6) is 2.27. The molecule has 6 heteroatoms. The maximum atomic E-state index is 11.4. The first kappa shape index (κ1) is 15.1. The zero-order valence-corrected chi connectivity index (χ0v) is 12.7. The Labute approximate surface area is 120 Å². The standard InChI is InChI=1S/C14H21NO4S/c1-18-13-5-3-4-12(14(13)19-2)9-15-8-11-6-7-20(16,17)10-11/h3-5,11,15H,6-10H2,1-2H3. The summed E-state index contributed by atoms with van der Waals surface area (Å²) in [6.07, 6.45) is 0.755. The van der Waals surface area contributed by atoms with Crippen molar-refractivity contribution >= 4 is 9.84 Å². The molecule has 1 aromatic rings. The molecule has 1 aromatic carbocycles. The van der Waals surface area contributed by atoms with Gasteiger partial charge in [0.15, 0.2) is 21.3 Å². The number of hydrogen-bond acceptors (Lipinski definition) is 5. The average Bonchev–Trinajstić information content (AvgIpc) is 2.77. The van der Waals surface area contributed by atoms with Crippen LogP contribution < -0.4 is 14.8 Å². The SMILES string of the molecule is COc1cccc(CNCC2CCS(=O)(=O)C2)c1OC. The molecule has 0 spiro atoms. The highest BCUT2D eigenvalue weighted by Gasteiger charge is 2.27. The smallest absolute Gasteiger partial charge is 0.165 e. The van der Waals surface area contributed by atoms with Crippen LogP contribution in [0.2, 0.25) is 0 Å². The number of para-hydroxylation sites is 1. The van der Waals surface area contributed by atoms with Crippen LogP contribution >= 0.6 is 0 Å². The van der Waals surface area contributed by atoms with Gasteiger partial charge in [-0.1, -0.05) is 12.1 Å². The van der Waals surface area contributed by atoms with Gasteiger partial charge in [-0.2, -0.15) is 0 Å². The van der Waals surface area contributed by atoms with Crippen molar-refractivity contribution in [3.8, 4) is 11.5 Å². The minimum absolute atomic E-state index is 0.219. The van der Waals surface area contributed by atoms with Crippen LogP contribution in [0.1, 0.15) is 12.0 Å². The van der Waals surface area contributed by atoms with Crippen molar-refractivity contribution < 1.29 is 17.9 Å². The van der Waals surface area contributed by atoms with Crippen LogP contribution in [0, 0.1) is 5.92 Å². The van der Waals surface area contributed by atoms with Gasteiger partial charge in [0.05, 0.1) is 25.7 Å². The Morgan fingerprint density at radius 2 is 2.10 bits per heavy atom. The second-order valence-electron chi connectivity index (χ2n) is 5.05. The molecule has 1 N–H and O–H groups in total. The zero-order valence-electron chi connectivity index (χ0n) is 11.9. The highest BCUT2D eigenvalue weighted by atomic mass is 32.2. The molecule has 0 radical (unpaired) electrons. The fraction of sp³-hybridized carbons (Fsp3) is 0.571. The molecule has 1 saturated heterocycles. The molecule has 20 heavy (non-hydrogen) atoms. The molecule has 1 heterocycles. The van der Waals surface area contributed by atoms with Gasteiger partial charge in [-0.05, 0) is 24.9 Å². The van der Waals surface area contributed by atoms with E-state index in [-0.39, 0.29) is 5.92 Å². The Morgan fingerprint density at radius 1 is 1.30 bits per heavy atom. The molecule has 1 aliphatic heterocycles. The van der Waals surface area contributed by atoms with E-state index < -0.39 is 9.84 Å². The Kier molecular flexibility index (Phi) is 4.88. The maximum Gasteiger partial charge on any atom is 0.165 e. The first-order chi connectivity index (χ1) is 9.55.